The van der Waals surface area contributed by atoms with Gasteiger partial charge in [0, 0.05) is 5.92 Å². The van der Waals surface area contributed by atoms with E-state index in [2.05, 4.69) is 86.5 Å². The third kappa shape index (κ3) is 9.10. The molecule has 0 radical (unpaired) electrons. The van der Waals surface area contributed by atoms with Gasteiger partial charge < -0.3 is 28.7 Å². The van der Waals surface area contributed by atoms with Crippen molar-refractivity contribution in [3.63, 3.8) is 0 Å². The lowest BCUT2D eigenvalue weighted by Gasteiger charge is -2.46. The highest BCUT2D eigenvalue weighted by atomic mass is 32.1. The Morgan fingerprint density at radius 1 is 0.836 bits per heavy atom. The molecular formula is C53H58N4O8SSi. The summed E-state index contributed by atoms with van der Waals surface area (Å²) >= 11 is 0.794. The van der Waals surface area contributed by atoms with Crippen molar-refractivity contribution in [3.05, 3.63) is 182 Å². The molecule has 2 N–H and O–H groups in total. The van der Waals surface area contributed by atoms with Crippen LogP contribution in [0.1, 0.15) is 77.3 Å². The third-order valence-electron chi connectivity index (χ3n) is 12.9. The van der Waals surface area contributed by atoms with Crippen LogP contribution in [0.15, 0.2) is 155 Å². The zero-order valence-corrected chi connectivity index (χ0v) is 40.7. The van der Waals surface area contributed by atoms with Gasteiger partial charge in [0.25, 0.3) is 13.9 Å². The predicted octanol–water partition coefficient (Wildman–Crippen LogP) is 9.38. The molecule has 1 aliphatic heterocycles. The minimum absolute atomic E-state index is 0.121. The molecule has 0 unspecified atom stereocenters. The summed E-state index contributed by atoms with van der Waals surface area (Å²) < 4.78 is 33.0. The van der Waals surface area contributed by atoms with E-state index in [0.29, 0.717) is 18.6 Å². The third-order valence-corrected chi connectivity index (χ3v) is 18.9. The molecule has 5 aromatic carbocycles. The maximum Gasteiger partial charge on any atom is 0.508 e. The zero-order valence-electron chi connectivity index (χ0n) is 38.9. The molecule has 1 fully saturated rings. The average molecular weight is 939 g/mol. The van der Waals surface area contributed by atoms with Gasteiger partial charge in [-0.3, -0.25) is 19.1 Å². The summed E-state index contributed by atoms with van der Waals surface area (Å²) in [6.45, 7) is 12.4. The number of carbonyl (C=O) groups excluding carboxylic acids is 1. The van der Waals surface area contributed by atoms with E-state index in [0.717, 1.165) is 38.4 Å². The van der Waals surface area contributed by atoms with Crippen molar-refractivity contribution < 1.29 is 28.2 Å². The molecule has 348 valence electrons. The van der Waals surface area contributed by atoms with Crippen molar-refractivity contribution in [2.24, 2.45) is 5.92 Å². The quantitative estimate of drug-likeness (QED) is 0.0547. The summed E-state index contributed by atoms with van der Waals surface area (Å²) in [5, 5.41) is 5.58. The number of hydrogen-bond donors (Lipinski definition) is 2. The molecule has 5 atom stereocenters. The smallest absolute Gasteiger partial charge is 0.497 e. The first-order valence-electron chi connectivity index (χ1n) is 22.8. The van der Waals surface area contributed by atoms with E-state index in [-0.39, 0.29) is 27.9 Å². The second-order valence-electron chi connectivity index (χ2n) is 17.8. The summed E-state index contributed by atoms with van der Waals surface area (Å²) in [6.07, 6.45) is -2.68. The van der Waals surface area contributed by atoms with Gasteiger partial charge in [0.1, 0.15) is 28.3 Å². The van der Waals surface area contributed by atoms with Gasteiger partial charge in [-0.25, -0.2) is 4.79 Å². The Hall–Kier alpha value is -6.32. The lowest BCUT2D eigenvalue weighted by Crippen LogP contribution is -2.68. The molecule has 7 aromatic rings. The lowest BCUT2D eigenvalue weighted by atomic mass is 9.77. The highest BCUT2D eigenvalue weighted by molar-refractivity contribution is 7.16. The van der Waals surface area contributed by atoms with Crippen LogP contribution in [-0.4, -0.2) is 61.0 Å². The van der Waals surface area contributed by atoms with Crippen LogP contribution in [0.2, 0.25) is 5.04 Å². The highest BCUT2D eigenvalue weighted by Gasteiger charge is 2.54. The van der Waals surface area contributed by atoms with Crippen LogP contribution in [0.4, 0.5) is 10.7 Å². The highest BCUT2D eigenvalue weighted by Crippen LogP contribution is 2.45. The van der Waals surface area contributed by atoms with Gasteiger partial charge in [-0.05, 0) is 70.9 Å². The van der Waals surface area contributed by atoms with E-state index < -0.39 is 60.9 Å². The van der Waals surface area contributed by atoms with E-state index in [1.54, 1.807) is 21.0 Å². The van der Waals surface area contributed by atoms with Crippen LogP contribution in [-0.2, 0) is 24.2 Å². The number of benzene rings is 5. The maximum atomic E-state index is 14.5. The van der Waals surface area contributed by atoms with E-state index in [9.17, 15) is 14.4 Å². The summed E-state index contributed by atoms with van der Waals surface area (Å²) in [4.78, 5) is 49.3. The molecule has 1 saturated heterocycles. The number of nitrogens with one attached hydrogen (secondary N) is 2. The van der Waals surface area contributed by atoms with E-state index in [4.69, 9.17) is 28.4 Å². The largest absolute Gasteiger partial charge is 0.508 e. The van der Waals surface area contributed by atoms with Crippen molar-refractivity contribution >= 4 is 52.5 Å². The Morgan fingerprint density at radius 2 is 1.37 bits per heavy atom. The Morgan fingerprint density at radius 3 is 1.88 bits per heavy atom. The molecule has 0 bridgehead atoms. The molecule has 1 aliphatic rings. The monoisotopic (exact) mass is 938 g/mol. The van der Waals surface area contributed by atoms with E-state index in [1.165, 1.54) is 4.57 Å². The number of thiazole rings is 1. The number of aromatic amines is 1. The first-order chi connectivity index (χ1) is 32.3. The molecule has 0 amide bonds. The summed E-state index contributed by atoms with van der Waals surface area (Å²) in [5.41, 5.74) is 1.12. The van der Waals surface area contributed by atoms with Crippen molar-refractivity contribution in [2.45, 2.75) is 89.5 Å². The fourth-order valence-electron chi connectivity index (χ4n) is 9.69. The molecule has 0 saturated carbocycles. The van der Waals surface area contributed by atoms with E-state index >= 15 is 0 Å². The molecular weight excluding hydrogens is 881 g/mol. The summed E-state index contributed by atoms with van der Waals surface area (Å²) in [5.74, 6) is 0.226. The van der Waals surface area contributed by atoms with Gasteiger partial charge >= 0.3 is 11.0 Å². The topological polar surface area (TPSA) is 143 Å². The number of rotatable bonds is 16. The van der Waals surface area contributed by atoms with Crippen molar-refractivity contribution in [1.29, 1.82) is 0 Å². The van der Waals surface area contributed by atoms with Crippen LogP contribution in [0, 0.1) is 5.92 Å². The number of H-pyrrole nitrogens is 1. The molecule has 0 spiro atoms. The van der Waals surface area contributed by atoms with Crippen molar-refractivity contribution in [3.8, 4) is 5.75 Å². The van der Waals surface area contributed by atoms with Crippen molar-refractivity contribution in [1.82, 2.24) is 14.5 Å². The van der Waals surface area contributed by atoms with Gasteiger partial charge in [0.2, 0.25) is 5.95 Å². The van der Waals surface area contributed by atoms with Crippen molar-refractivity contribution in [2.75, 3.05) is 19.0 Å². The maximum absolute atomic E-state index is 14.5. The summed E-state index contributed by atoms with van der Waals surface area (Å²) in [6, 6.07) is 48.4. The lowest BCUT2D eigenvalue weighted by molar-refractivity contribution is -0.0734. The van der Waals surface area contributed by atoms with Crippen LogP contribution in [0.25, 0.3) is 10.3 Å². The number of aromatic nitrogens is 3. The number of ether oxygens (including phenoxy) is 4. The molecule has 12 nitrogen and oxygen atoms in total. The second kappa shape index (κ2) is 19.9. The Bertz CT molecular complexity index is 2790. The number of hydrogen-bond acceptors (Lipinski definition) is 11. The average Bonchev–Trinajstić information content (AvgIpc) is 3.93. The SMILES string of the molecule is CCOC(=O)O[C@H](C)[C@@H]1C[C@@H]([C@H](CC)O[Si](c2ccccc2)(c2ccccc2)C(C)(C)C)O[C@H]1n1c(=O)sc2c(=O)[nH]c(NC(c3ccccc3)(c3ccccc3)c3ccc(OC)cc3)nc21. The fourth-order valence-corrected chi connectivity index (χ4v) is 15.3. The molecule has 14 heteroatoms. The Kier molecular flexibility index (Phi) is 14.0. The molecule has 3 heterocycles. The first-order valence-corrected chi connectivity index (χ1v) is 25.5. The number of carbonyl (C=O) groups is 1. The van der Waals surface area contributed by atoms with E-state index in [1.807, 2.05) is 97.1 Å². The number of fused-ring (bicyclic) bond motifs is 1. The first kappa shape index (κ1) is 47.2. The van der Waals surface area contributed by atoms with Crippen LogP contribution in [0.3, 0.4) is 0 Å². The molecule has 0 aliphatic carbocycles. The Labute approximate surface area is 396 Å². The van der Waals surface area contributed by atoms with Crippen LogP contribution >= 0.6 is 11.3 Å². The minimum Gasteiger partial charge on any atom is -0.497 e. The zero-order chi connectivity index (χ0) is 47.3. The second-order valence-corrected chi connectivity index (χ2v) is 23.1. The van der Waals surface area contributed by atoms with Gasteiger partial charge in [-0.2, -0.15) is 4.98 Å². The number of anilines is 1. The van der Waals surface area contributed by atoms with Crippen LogP contribution < -0.4 is 30.9 Å². The van der Waals surface area contributed by atoms with Gasteiger partial charge in [0.05, 0.1) is 25.9 Å². The minimum atomic E-state index is -3.08. The molecule has 2 aromatic heterocycles. The standard InChI is InChI=1S/C53H58N4O8SSi/c1-8-43(65-67(52(4,5)6,40-26-18-12-19-27-40)41-28-20-13-21-29-41)44-34-42(35(3)63-51(60)62-9-2)48(64-44)57-46-45(66-50(57)59)47(58)55-49(54-46)56-53(36-22-14-10-15-23-36,37-24-16-11-17-25-37)38-30-32-39(61-7)33-31-38/h10-33,35,42-44,48H,8-9,34H2,1-7H3,(H2,54,55,56,58)/t35-,42+,43+,44+,48-/m1/s1. The number of nitrogens with zero attached hydrogens (tertiary/aromatic N) is 2. The summed E-state index contributed by atoms with van der Waals surface area (Å²) in [7, 11) is -1.46. The Balaban J connectivity index is 1.26. The molecule has 67 heavy (non-hydrogen) atoms. The predicted molar refractivity (Wildman–Crippen MR) is 266 cm³/mol. The van der Waals surface area contributed by atoms with Crippen LogP contribution in [0.5, 0.6) is 5.75 Å². The normalized spacial score (nSPS) is 17.4. The van der Waals surface area contributed by atoms with Gasteiger partial charge in [-0.15, -0.1) is 0 Å². The fraction of sp³-hybridized carbons (Fsp3) is 0.321. The van der Waals surface area contributed by atoms with Gasteiger partial charge in [-0.1, -0.05) is 172 Å². The molecule has 8 rings (SSSR count). The number of methoxy groups -OCH3 is 1. The van der Waals surface area contributed by atoms with Gasteiger partial charge in [0.15, 0.2) is 5.65 Å².